The van der Waals surface area contributed by atoms with E-state index in [9.17, 15) is 4.79 Å². The van der Waals surface area contributed by atoms with Gasteiger partial charge in [0.1, 0.15) is 24.5 Å². The van der Waals surface area contributed by atoms with Crippen LogP contribution in [-0.4, -0.2) is 53.0 Å². The number of aryl methyl sites for hydroxylation is 1. The third-order valence-corrected chi connectivity index (χ3v) is 6.13. The Bertz CT molecular complexity index is 1270. The van der Waals surface area contributed by atoms with E-state index in [1.807, 2.05) is 64.0 Å². The number of halogens is 1. The van der Waals surface area contributed by atoms with E-state index in [1.54, 1.807) is 23.2 Å². The summed E-state index contributed by atoms with van der Waals surface area (Å²) in [5.41, 5.74) is 4.89. The highest BCUT2D eigenvalue weighted by atomic mass is 35.5. The first-order chi connectivity index (χ1) is 17.3. The van der Waals surface area contributed by atoms with E-state index < -0.39 is 0 Å². The number of hydrogen-bond donors (Lipinski definition) is 0. The third-order valence-electron chi connectivity index (χ3n) is 5.78. The van der Waals surface area contributed by atoms with Crippen LogP contribution >= 0.6 is 11.6 Å². The lowest BCUT2D eigenvalue weighted by Crippen LogP contribution is -2.31. The molecule has 1 aromatic carbocycles. The number of benzene rings is 1. The van der Waals surface area contributed by atoms with Crippen LogP contribution in [0.5, 0.6) is 5.75 Å². The number of hydrogen-bond acceptors (Lipinski definition) is 6. The number of ether oxygens (including phenoxy) is 2. The zero-order valence-electron chi connectivity index (χ0n) is 21.5. The molecule has 0 saturated heterocycles. The molecule has 0 radical (unpaired) electrons. The van der Waals surface area contributed by atoms with Crippen LogP contribution in [0.4, 0.5) is 4.79 Å². The van der Waals surface area contributed by atoms with Crippen molar-refractivity contribution in [1.29, 1.82) is 0 Å². The van der Waals surface area contributed by atoms with Crippen LogP contribution in [0.15, 0.2) is 55.3 Å². The van der Waals surface area contributed by atoms with Crippen LogP contribution in [0.25, 0.3) is 16.6 Å². The van der Waals surface area contributed by atoms with E-state index >= 15 is 0 Å². The minimum atomic E-state index is -0.390. The van der Waals surface area contributed by atoms with Gasteiger partial charge in [0.15, 0.2) is 0 Å². The molecule has 1 amide bonds. The number of aromatic nitrogens is 2. The van der Waals surface area contributed by atoms with Crippen LogP contribution in [0.3, 0.4) is 0 Å². The summed E-state index contributed by atoms with van der Waals surface area (Å²) in [5, 5.41) is 1.46. The van der Waals surface area contributed by atoms with Gasteiger partial charge in [0.05, 0.1) is 10.7 Å². The Kier molecular flexibility index (Phi) is 9.31. The average molecular weight is 509 g/mol. The highest BCUT2D eigenvalue weighted by molar-refractivity contribution is 6.31. The van der Waals surface area contributed by atoms with Crippen molar-refractivity contribution in [2.24, 2.45) is 0 Å². The van der Waals surface area contributed by atoms with Gasteiger partial charge in [0.25, 0.3) is 0 Å². The molecule has 0 atom stereocenters. The van der Waals surface area contributed by atoms with Crippen molar-refractivity contribution in [3.63, 3.8) is 0 Å². The van der Waals surface area contributed by atoms with E-state index in [0.717, 1.165) is 27.9 Å². The molecule has 0 aliphatic heterocycles. The molecule has 0 aliphatic rings. The number of rotatable bonds is 10. The Hall–Kier alpha value is -3.58. The van der Waals surface area contributed by atoms with Gasteiger partial charge < -0.3 is 19.3 Å². The molecule has 0 unspecified atom stereocenters. The van der Waals surface area contributed by atoms with Gasteiger partial charge in [-0.15, -0.1) is 0 Å². The van der Waals surface area contributed by atoms with Gasteiger partial charge in [0.2, 0.25) is 0 Å². The van der Waals surface area contributed by atoms with E-state index in [2.05, 4.69) is 17.6 Å². The number of nitrogens with zero attached hydrogens (tertiary/aromatic N) is 4. The minimum Gasteiger partial charge on any atom is -0.486 e. The highest BCUT2D eigenvalue weighted by Gasteiger charge is 2.17. The van der Waals surface area contributed by atoms with Crippen molar-refractivity contribution in [1.82, 2.24) is 19.8 Å². The molecule has 0 spiro atoms. The van der Waals surface area contributed by atoms with Gasteiger partial charge in [0, 0.05) is 61.3 Å². The van der Waals surface area contributed by atoms with E-state index in [1.165, 1.54) is 0 Å². The number of allylic oxidation sites excluding steroid dienone is 2. The molecule has 8 heteroatoms. The van der Waals surface area contributed by atoms with Crippen molar-refractivity contribution >= 4 is 34.3 Å². The first-order valence-corrected chi connectivity index (χ1v) is 12.3. The number of carbonyl (C=O) groups excluding carboxylic acids is 1. The predicted molar refractivity (Wildman–Crippen MR) is 145 cm³/mol. The third kappa shape index (κ3) is 6.15. The molecule has 0 saturated carbocycles. The fraction of sp³-hybridized carbons (Fsp3) is 0.321. The molecular formula is C28H33ClN4O3. The van der Waals surface area contributed by atoms with Gasteiger partial charge in [-0.25, -0.2) is 9.78 Å². The van der Waals surface area contributed by atoms with Gasteiger partial charge >= 0.3 is 6.09 Å². The molecule has 190 valence electrons. The van der Waals surface area contributed by atoms with Gasteiger partial charge in [-0.3, -0.25) is 4.98 Å². The molecule has 0 bridgehead atoms. The molecule has 0 N–H and O–H groups in total. The molecule has 3 rings (SSSR count). The Morgan fingerprint density at radius 3 is 2.58 bits per heavy atom. The normalized spacial score (nSPS) is 11.3. The summed E-state index contributed by atoms with van der Waals surface area (Å²) in [6.07, 6.45) is 4.95. The summed E-state index contributed by atoms with van der Waals surface area (Å²) in [4.78, 5) is 25.1. The van der Waals surface area contributed by atoms with Crippen LogP contribution in [0.1, 0.15) is 36.4 Å². The maximum atomic E-state index is 12.3. The number of carbonyl (C=O) groups is 1. The second-order valence-electron chi connectivity index (χ2n) is 8.38. The van der Waals surface area contributed by atoms with Crippen molar-refractivity contribution in [3.8, 4) is 5.75 Å². The van der Waals surface area contributed by atoms with Crippen molar-refractivity contribution in [2.75, 3.05) is 27.2 Å². The summed E-state index contributed by atoms with van der Waals surface area (Å²) >= 11 is 6.50. The fourth-order valence-electron chi connectivity index (χ4n) is 3.91. The van der Waals surface area contributed by atoms with Gasteiger partial charge in [-0.1, -0.05) is 36.4 Å². The number of para-hydroxylation sites is 1. The number of fused-ring (bicyclic) bond motifs is 1. The number of amides is 1. The summed E-state index contributed by atoms with van der Waals surface area (Å²) in [7, 11) is 3.99. The molecule has 36 heavy (non-hydrogen) atoms. The first-order valence-electron chi connectivity index (χ1n) is 11.9. The Morgan fingerprint density at radius 2 is 1.92 bits per heavy atom. The van der Waals surface area contributed by atoms with Crippen molar-refractivity contribution < 1.29 is 14.3 Å². The molecule has 0 fully saturated rings. The number of pyridine rings is 2. The molecule has 2 heterocycles. The van der Waals surface area contributed by atoms with E-state index in [0.29, 0.717) is 35.1 Å². The van der Waals surface area contributed by atoms with Crippen LogP contribution < -0.4 is 4.74 Å². The monoisotopic (exact) mass is 508 g/mol. The van der Waals surface area contributed by atoms with E-state index in [4.69, 9.17) is 26.1 Å². The SMILES string of the molecule is C=C/C=C(/c1cc(C)nc2c(OCc3c(Cl)ccnc3COC(=O)N(CC)CC)cccc12)N(C)C. The summed E-state index contributed by atoms with van der Waals surface area (Å²) in [6.45, 7) is 10.9. The molecule has 0 aliphatic carbocycles. The second kappa shape index (κ2) is 12.4. The van der Waals surface area contributed by atoms with Gasteiger partial charge in [-0.05, 0) is 45.0 Å². The minimum absolute atomic E-state index is 0.00414. The largest absolute Gasteiger partial charge is 0.486 e. The Morgan fingerprint density at radius 1 is 1.17 bits per heavy atom. The lowest BCUT2D eigenvalue weighted by atomic mass is 10.0. The standard InChI is InChI=1S/C28H33ClN4O3/c1-7-11-25(32(5)6)21-16-19(4)31-27-20(21)12-10-13-26(27)35-17-22-23(29)14-15-30-24(22)18-36-28(34)33(8-2)9-3/h7,10-16H,1,8-9,17-18H2,2-6H3/b25-11-. The fourth-order valence-corrected chi connectivity index (χ4v) is 4.13. The van der Waals surface area contributed by atoms with Crippen molar-refractivity contribution in [2.45, 2.75) is 34.0 Å². The van der Waals surface area contributed by atoms with Crippen LogP contribution in [0.2, 0.25) is 5.02 Å². The molecule has 3 aromatic rings. The first kappa shape index (κ1) is 27.0. The molecule has 2 aromatic heterocycles. The maximum Gasteiger partial charge on any atom is 0.410 e. The smallest absolute Gasteiger partial charge is 0.410 e. The quantitative estimate of drug-likeness (QED) is 0.302. The van der Waals surface area contributed by atoms with Crippen molar-refractivity contribution in [3.05, 3.63) is 82.8 Å². The Balaban J connectivity index is 1.92. The predicted octanol–water partition coefficient (Wildman–Crippen LogP) is 6.24. The van der Waals surface area contributed by atoms with Crippen LogP contribution in [-0.2, 0) is 18.0 Å². The Labute approximate surface area is 218 Å². The molecular weight excluding hydrogens is 476 g/mol. The van der Waals surface area contributed by atoms with Crippen LogP contribution in [0, 0.1) is 6.92 Å². The zero-order valence-corrected chi connectivity index (χ0v) is 22.3. The topological polar surface area (TPSA) is 67.8 Å². The summed E-state index contributed by atoms with van der Waals surface area (Å²) in [6, 6.07) is 9.61. The second-order valence-corrected chi connectivity index (χ2v) is 8.79. The lowest BCUT2D eigenvalue weighted by Gasteiger charge is -2.20. The summed E-state index contributed by atoms with van der Waals surface area (Å²) in [5.74, 6) is 0.625. The van der Waals surface area contributed by atoms with E-state index in [-0.39, 0.29) is 19.3 Å². The average Bonchev–Trinajstić information content (AvgIpc) is 2.85. The van der Waals surface area contributed by atoms with Gasteiger partial charge in [-0.2, -0.15) is 0 Å². The lowest BCUT2D eigenvalue weighted by molar-refractivity contribution is 0.0981. The zero-order chi connectivity index (χ0) is 26.2. The maximum absolute atomic E-state index is 12.3. The highest BCUT2D eigenvalue weighted by Crippen LogP contribution is 2.32. The summed E-state index contributed by atoms with van der Waals surface area (Å²) < 4.78 is 11.7. The molecule has 7 nitrogen and oxygen atoms in total.